The molecule has 3 amide bonds. The SMILES string of the molecule is CN1C(=O)C2C(=NC(SCc3ccccc3Cl)=[N+]2CCCc2ccccc2)N(C)C1=O. The number of hydrogen-bond acceptors (Lipinski definition) is 4. The van der Waals surface area contributed by atoms with E-state index in [1.165, 1.54) is 22.4 Å². The summed E-state index contributed by atoms with van der Waals surface area (Å²) >= 11 is 7.86. The zero-order chi connectivity index (χ0) is 22.0. The number of fused-ring (bicyclic) bond motifs is 1. The molecule has 1 atom stereocenters. The van der Waals surface area contributed by atoms with Gasteiger partial charge in [-0.1, -0.05) is 60.1 Å². The van der Waals surface area contributed by atoms with Gasteiger partial charge >= 0.3 is 11.2 Å². The maximum absolute atomic E-state index is 13.0. The Hall–Kier alpha value is -2.64. The minimum absolute atomic E-state index is 0.241. The van der Waals surface area contributed by atoms with Crippen LogP contribution in [0, 0.1) is 0 Å². The lowest BCUT2D eigenvalue weighted by Crippen LogP contribution is -2.61. The molecule has 0 spiro atoms. The van der Waals surface area contributed by atoms with E-state index in [2.05, 4.69) is 12.1 Å². The van der Waals surface area contributed by atoms with Crippen LogP contribution in [0.2, 0.25) is 5.02 Å². The molecule has 160 valence electrons. The number of benzene rings is 2. The molecule has 0 aliphatic carbocycles. The van der Waals surface area contributed by atoms with Crippen molar-refractivity contribution in [2.45, 2.75) is 24.6 Å². The Morgan fingerprint density at radius 1 is 1.03 bits per heavy atom. The molecule has 6 nitrogen and oxygen atoms in total. The lowest BCUT2D eigenvalue weighted by atomic mass is 10.1. The van der Waals surface area contributed by atoms with Gasteiger partial charge in [0.15, 0.2) is 0 Å². The van der Waals surface area contributed by atoms with Crippen LogP contribution in [0.5, 0.6) is 0 Å². The predicted octanol–water partition coefficient (Wildman–Crippen LogP) is 3.88. The Morgan fingerprint density at radius 3 is 2.48 bits per heavy atom. The van der Waals surface area contributed by atoms with Gasteiger partial charge in [0.1, 0.15) is 0 Å². The van der Waals surface area contributed by atoms with Crippen LogP contribution >= 0.6 is 23.4 Å². The average Bonchev–Trinajstić information content (AvgIpc) is 3.15. The Morgan fingerprint density at radius 2 is 1.74 bits per heavy atom. The minimum Gasteiger partial charge on any atom is -0.269 e. The number of aliphatic imine (C=N–C) groups is 1. The second-order valence-corrected chi connectivity index (χ2v) is 8.91. The molecule has 8 heteroatoms. The summed E-state index contributed by atoms with van der Waals surface area (Å²) in [6.07, 6.45) is 1.77. The van der Waals surface area contributed by atoms with Gasteiger partial charge < -0.3 is 0 Å². The molecule has 2 aromatic carbocycles. The van der Waals surface area contributed by atoms with E-state index in [-0.39, 0.29) is 11.9 Å². The topological polar surface area (TPSA) is 56.0 Å². The molecule has 0 N–H and O–H groups in total. The number of carbonyl (C=O) groups is 2. The van der Waals surface area contributed by atoms with Crippen LogP contribution in [0.1, 0.15) is 17.5 Å². The molecular formula is C23H24ClN4O2S+. The molecule has 0 saturated carbocycles. The second-order valence-electron chi connectivity index (χ2n) is 7.56. The zero-order valence-electron chi connectivity index (χ0n) is 17.5. The zero-order valence-corrected chi connectivity index (χ0v) is 19.1. The van der Waals surface area contributed by atoms with Crippen molar-refractivity contribution in [1.29, 1.82) is 0 Å². The van der Waals surface area contributed by atoms with E-state index in [4.69, 9.17) is 16.6 Å². The van der Waals surface area contributed by atoms with Crippen molar-refractivity contribution >= 4 is 46.3 Å². The maximum atomic E-state index is 13.0. The number of hydrogen-bond donors (Lipinski definition) is 0. The number of halogens is 1. The molecule has 31 heavy (non-hydrogen) atoms. The summed E-state index contributed by atoms with van der Waals surface area (Å²) in [5.41, 5.74) is 2.27. The summed E-state index contributed by atoms with van der Waals surface area (Å²) in [6.45, 7) is 0.666. The quantitative estimate of drug-likeness (QED) is 0.621. The first-order valence-corrected chi connectivity index (χ1v) is 11.5. The fraction of sp³-hybridized carbons (Fsp3) is 0.304. The van der Waals surface area contributed by atoms with Crippen LogP contribution in [-0.2, 0) is 17.0 Å². The lowest BCUT2D eigenvalue weighted by molar-refractivity contribution is -0.533. The first-order valence-electron chi connectivity index (χ1n) is 10.1. The molecule has 2 aliphatic heterocycles. The van der Waals surface area contributed by atoms with Crippen LogP contribution in [-0.4, -0.2) is 64.0 Å². The summed E-state index contributed by atoms with van der Waals surface area (Å²) in [4.78, 5) is 32.8. The number of imide groups is 1. The van der Waals surface area contributed by atoms with Crippen LogP contribution in [0.15, 0.2) is 59.6 Å². The monoisotopic (exact) mass is 455 g/mol. The Kier molecular flexibility index (Phi) is 6.43. The molecule has 1 fully saturated rings. The first kappa shape index (κ1) is 21.6. The minimum atomic E-state index is -0.572. The summed E-state index contributed by atoms with van der Waals surface area (Å²) in [5, 5.41) is 1.45. The third kappa shape index (κ3) is 4.38. The number of thioether (sulfide) groups is 1. The second kappa shape index (κ2) is 9.24. The Bertz CT molecular complexity index is 1070. The van der Waals surface area contributed by atoms with E-state index in [9.17, 15) is 9.59 Å². The van der Waals surface area contributed by atoms with Crippen molar-refractivity contribution in [1.82, 2.24) is 9.80 Å². The number of amidine groups is 2. The summed E-state index contributed by atoms with van der Waals surface area (Å²) in [6, 6.07) is 17.1. The lowest BCUT2D eigenvalue weighted by Gasteiger charge is -2.30. The average molecular weight is 456 g/mol. The van der Waals surface area contributed by atoms with Crippen LogP contribution in [0.4, 0.5) is 4.79 Å². The third-order valence-electron chi connectivity index (χ3n) is 5.52. The van der Waals surface area contributed by atoms with Crippen molar-refractivity contribution in [2.75, 3.05) is 20.6 Å². The normalized spacial score (nSPS) is 18.5. The van der Waals surface area contributed by atoms with Gasteiger partial charge in [0.05, 0.1) is 6.54 Å². The molecule has 2 heterocycles. The number of carbonyl (C=O) groups excluding carboxylic acids is 2. The highest BCUT2D eigenvalue weighted by Crippen LogP contribution is 2.27. The Balaban J connectivity index is 1.58. The van der Waals surface area contributed by atoms with E-state index < -0.39 is 6.04 Å². The predicted molar refractivity (Wildman–Crippen MR) is 125 cm³/mol. The van der Waals surface area contributed by atoms with Crippen molar-refractivity contribution in [3.05, 3.63) is 70.7 Å². The fourth-order valence-corrected chi connectivity index (χ4v) is 5.11. The number of urea groups is 1. The van der Waals surface area contributed by atoms with Gasteiger partial charge in [-0.2, -0.15) is 0 Å². The number of amides is 3. The van der Waals surface area contributed by atoms with E-state index in [1.54, 1.807) is 18.8 Å². The summed E-state index contributed by atoms with van der Waals surface area (Å²) in [7, 11) is 3.19. The largest absolute Gasteiger partial charge is 0.358 e. The summed E-state index contributed by atoms with van der Waals surface area (Å²) in [5.74, 6) is 0.888. The highest BCUT2D eigenvalue weighted by molar-refractivity contribution is 8.13. The number of likely N-dealkylation sites (N-methyl/N-ethyl adjacent to an activating group) is 2. The molecule has 0 bridgehead atoms. The van der Waals surface area contributed by atoms with Gasteiger partial charge in [0.25, 0.3) is 17.8 Å². The van der Waals surface area contributed by atoms with Crippen LogP contribution in [0.3, 0.4) is 0 Å². The number of nitrogens with zero attached hydrogens (tertiary/aromatic N) is 4. The molecule has 1 unspecified atom stereocenters. The molecule has 4 rings (SSSR count). The third-order valence-corrected chi connectivity index (χ3v) is 6.92. The van der Waals surface area contributed by atoms with Gasteiger partial charge in [-0.3, -0.25) is 14.6 Å². The van der Waals surface area contributed by atoms with Gasteiger partial charge in [-0.25, -0.2) is 9.37 Å². The van der Waals surface area contributed by atoms with E-state index in [0.29, 0.717) is 23.2 Å². The molecule has 2 aromatic rings. The van der Waals surface area contributed by atoms with Crippen molar-refractivity contribution in [3.63, 3.8) is 0 Å². The van der Waals surface area contributed by atoms with E-state index >= 15 is 0 Å². The van der Waals surface area contributed by atoms with Crippen LogP contribution < -0.4 is 0 Å². The molecular weight excluding hydrogens is 432 g/mol. The van der Waals surface area contributed by atoms with Gasteiger partial charge in [-0.05, 0) is 46.8 Å². The van der Waals surface area contributed by atoms with Gasteiger partial charge in [-0.15, -0.1) is 0 Å². The fourth-order valence-electron chi connectivity index (χ4n) is 3.77. The van der Waals surface area contributed by atoms with Crippen LogP contribution in [0.25, 0.3) is 0 Å². The summed E-state index contributed by atoms with van der Waals surface area (Å²) < 4.78 is 2.03. The highest BCUT2D eigenvalue weighted by atomic mass is 35.5. The first-order chi connectivity index (χ1) is 15.0. The van der Waals surface area contributed by atoms with Gasteiger partial charge in [0, 0.05) is 24.9 Å². The van der Waals surface area contributed by atoms with E-state index in [0.717, 1.165) is 23.6 Å². The molecule has 2 aliphatic rings. The molecule has 0 aromatic heterocycles. The maximum Gasteiger partial charge on any atom is 0.358 e. The number of aryl methyl sites for hydroxylation is 1. The Labute approximate surface area is 191 Å². The van der Waals surface area contributed by atoms with E-state index in [1.807, 2.05) is 47.0 Å². The standard InChI is InChI=1S/C23H24ClN4O2S/c1-26-20-19(21(29)27(2)23(26)30)28(14-8-11-16-9-4-3-5-10-16)22(25-20)31-15-17-12-6-7-13-18(17)24/h3-7,9-10,12-13,19H,8,11,14-15H2,1-2H3/q+1. The highest BCUT2D eigenvalue weighted by Gasteiger charge is 2.52. The smallest absolute Gasteiger partial charge is 0.269 e. The van der Waals surface area contributed by atoms with Gasteiger partial charge in [0.2, 0.25) is 0 Å². The number of rotatable bonds is 6. The molecule has 0 radical (unpaired) electrons. The molecule has 1 saturated heterocycles. The van der Waals surface area contributed by atoms with Crippen molar-refractivity contribution in [3.8, 4) is 0 Å². The van der Waals surface area contributed by atoms with Crippen molar-refractivity contribution < 1.29 is 14.2 Å². The van der Waals surface area contributed by atoms with Crippen molar-refractivity contribution in [2.24, 2.45) is 4.99 Å².